The minimum absolute atomic E-state index is 0.0967. The van der Waals surface area contributed by atoms with E-state index in [2.05, 4.69) is 20.6 Å². The highest BCUT2D eigenvalue weighted by Crippen LogP contribution is 2.13. The first-order valence-corrected chi connectivity index (χ1v) is 9.04. The first-order chi connectivity index (χ1) is 13.0. The Morgan fingerprint density at radius 2 is 1.96 bits per heavy atom. The van der Waals surface area contributed by atoms with Crippen LogP contribution in [-0.2, 0) is 6.54 Å². The first kappa shape index (κ1) is 20.5. The quantitative estimate of drug-likeness (QED) is 0.550. The summed E-state index contributed by atoms with van der Waals surface area (Å²) in [4.78, 5) is 10.9. The number of nitrogens with one attached hydrogen (secondary N) is 2. The first-order valence-electron chi connectivity index (χ1n) is 9.04. The Labute approximate surface area is 160 Å². The van der Waals surface area contributed by atoms with Crippen molar-refractivity contribution in [2.75, 3.05) is 32.1 Å². The van der Waals surface area contributed by atoms with Gasteiger partial charge in [-0.25, -0.2) is 14.4 Å². The molecule has 0 radical (unpaired) electrons. The van der Waals surface area contributed by atoms with E-state index in [9.17, 15) is 4.39 Å². The van der Waals surface area contributed by atoms with Crippen molar-refractivity contribution >= 4 is 11.8 Å². The van der Waals surface area contributed by atoms with Crippen molar-refractivity contribution in [3.63, 3.8) is 0 Å². The predicted molar refractivity (Wildman–Crippen MR) is 108 cm³/mol. The molecular formula is C20H28FN5O. The Bertz CT molecular complexity index is 733. The smallest absolute Gasteiger partial charge is 0.191 e. The lowest BCUT2D eigenvalue weighted by molar-refractivity contribution is 0.223. The fraction of sp³-hybridized carbons (Fsp3) is 0.400. The third kappa shape index (κ3) is 7.13. The Kier molecular flexibility index (Phi) is 7.85. The molecule has 7 heteroatoms. The summed E-state index contributed by atoms with van der Waals surface area (Å²) in [7, 11) is 3.92. The molecular weight excluding hydrogens is 345 g/mol. The molecule has 0 fully saturated rings. The monoisotopic (exact) mass is 373 g/mol. The molecule has 0 amide bonds. The van der Waals surface area contributed by atoms with Crippen LogP contribution < -0.4 is 20.3 Å². The SMILES string of the molecule is CCNC(=NCc1ccnc(N(C)C)c1)NCC(C)Oc1ccc(F)cc1. The minimum Gasteiger partial charge on any atom is -0.489 e. The molecule has 146 valence electrons. The molecule has 0 bridgehead atoms. The third-order valence-electron chi connectivity index (χ3n) is 3.74. The maximum absolute atomic E-state index is 13.0. The Morgan fingerprint density at radius 1 is 1.22 bits per heavy atom. The molecule has 0 saturated heterocycles. The average Bonchev–Trinajstić information content (AvgIpc) is 2.66. The van der Waals surface area contributed by atoms with E-state index in [1.165, 1.54) is 12.1 Å². The normalized spacial score (nSPS) is 12.4. The van der Waals surface area contributed by atoms with Crippen molar-refractivity contribution in [1.29, 1.82) is 0 Å². The minimum atomic E-state index is -0.275. The van der Waals surface area contributed by atoms with Gasteiger partial charge in [-0.3, -0.25) is 0 Å². The van der Waals surface area contributed by atoms with Gasteiger partial charge in [-0.1, -0.05) is 0 Å². The van der Waals surface area contributed by atoms with Gasteiger partial charge >= 0.3 is 0 Å². The van der Waals surface area contributed by atoms with E-state index < -0.39 is 0 Å². The zero-order valence-corrected chi connectivity index (χ0v) is 16.4. The van der Waals surface area contributed by atoms with Crippen molar-refractivity contribution in [1.82, 2.24) is 15.6 Å². The molecule has 1 aromatic carbocycles. The lowest BCUT2D eigenvalue weighted by Crippen LogP contribution is -2.41. The molecule has 27 heavy (non-hydrogen) atoms. The summed E-state index contributed by atoms with van der Waals surface area (Å²) in [5.74, 6) is 1.99. The molecule has 0 spiro atoms. The highest BCUT2D eigenvalue weighted by atomic mass is 19.1. The van der Waals surface area contributed by atoms with E-state index in [1.807, 2.05) is 45.0 Å². The van der Waals surface area contributed by atoms with E-state index in [4.69, 9.17) is 4.74 Å². The summed E-state index contributed by atoms with van der Waals surface area (Å²) in [6.07, 6.45) is 1.69. The lowest BCUT2D eigenvalue weighted by Gasteiger charge is -2.18. The molecule has 0 aliphatic heterocycles. The van der Waals surface area contributed by atoms with Gasteiger partial charge in [0.1, 0.15) is 23.5 Å². The van der Waals surface area contributed by atoms with Crippen LogP contribution in [0, 0.1) is 5.82 Å². The van der Waals surface area contributed by atoms with Crippen molar-refractivity contribution in [3.8, 4) is 5.75 Å². The lowest BCUT2D eigenvalue weighted by atomic mass is 10.2. The van der Waals surface area contributed by atoms with Crippen LogP contribution in [0.3, 0.4) is 0 Å². The van der Waals surface area contributed by atoms with Gasteiger partial charge in [0.15, 0.2) is 5.96 Å². The van der Waals surface area contributed by atoms with Gasteiger partial charge in [0, 0.05) is 26.8 Å². The zero-order valence-electron chi connectivity index (χ0n) is 16.4. The second-order valence-corrected chi connectivity index (χ2v) is 6.38. The van der Waals surface area contributed by atoms with Crippen LogP contribution >= 0.6 is 0 Å². The maximum Gasteiger partial charge on any atom is 0.191 e. The zero-order chi connectivity index (χ0) is 19.6. The number of rotatable bonds is 8. The fourth-order valence-corrected chi connectivity index (χ4v) is 2.34. The standard InChI is InChI=1S/C20H28FN5O/c1-5-22-20(25-14-16-10-11-23-19(12-16)26(3)4)24-13-15(2)27-18-8-6-17(21)7-9-18/h6-12,15H,5,13-14H2,1-4H3,(H2,22,24,25). The van der Waals surface area contributed by atoms with Gasteiger partial charge < -0.3 is 20.3 Å². The second-order valence-electron chi connectivity index (χ2n) is 6.38. The van der Waals surface area contributed by atoms with E-state index in [-0.39, 0.29) is 11.9 Å². The number of hydrogen-bond acceptors (Lipinski definition) is 4. The third-order valence-corrected chi connectivity index (χ3v) is 3.74. The Hall–Kier alpha value is -2.83. The van der Waals surface area contributed by atoms with E-state index in [0.717, 1.165) is 23.9 Å². The largest absolute Gasteiger partial charge is 0.489 e. The van der Waals surface area contributed by atoms with Crippen molar-refractivity contribution in [2.45, 2.75) is 26.5 Å². The van der Waals surface area contributed by atoms with Crippen LogP contribution in [0.25, 0.3) is 0 Å². The molecule has 2 aromatic rings. The number of nitrogens with zero attached hydrogens (tertiary/aromatic N) is 3. The van der Waals surface area contributed by atoms with Crippen LogP contribution in [0.5, 0.6) is 5.75 Å². The average molecular weight is 373 g/mol. The predicted octanol–water partition coefficient (Wildman–Crippen LogP) is 2.81. The topological polar surface area (TPSA) is 61.8 Å². The van der Waals surface area contributed by atoms with E-state index in [1.54, 1.807) is 18.3 Å². The molecule has 0 aliphatic rings. The molecule has 0 aliphatic carbocycles. The van der Waals surface area contributed by atoms with E-state index in [0.29, 0.717) is 18.8 Å². The van der Waals surface area contributed by atoms with Gasteiger partial charge in [-0.2, -0.15) is 0 Å². The van der Waals surface area contributed by atoms with Crippen LogP contribution in [0.15, 0.2) is 47.6 Å². The van der Waals surface area contributed by atoms with Crippen molar-refractivity contribution < 1.29 is 9.13 Å². The molecule has 6 nitrogen and oxygen atoms in total. The van der Waals surface area contributed by atoms with Gasteiger partial charge in [0.25, 0.3) is 0 Å². The molecule has 1 unspecified atom stereocenters. The summed E-state index contributed by atoms with van der Waals surface area (Å²) < 4.78 is 18.7. The fourth-order valence-electron chi connectivity index (χ4n) is 2.34. The number of ether oxygens (including phenoxy) is 1. The summed E-state index contributed by atoms with van der Waals surface area (Å²) in [5, 5.41) is 6.50. The molecule has 1 aromatic heterocycles. The summed E-state index contributed by atoms with van der Waals surface area (Å²) in [6, 6.07) is 10.00. The summed E-state index contributed by atoms with van der Waals surface area (Å²) >= 11 is 0. The van der Waals surface area contributed by atoms with Crippen molar-refractivity contribution in [2.24, 2.45) is 4.99 Å². The van der Waals surface area contributed by atoms with Crippen LogP contribution in [0.4, 0.5) is 10.2 Å². The number of hydrogen-bond donors (Lipinski definition) is 2. The number of anilines is 1. The highest BCUT2D eigenvalue weighted by Gasteiger charge is 2.06. The number of guanidine groups is 1. The summed E-state index contributed by atoms with van der Waals surface area (Å²) in [5.41, 5.74) is 1.08. The molecule has 1 atom stereocenters. The van der Waals surface area contributed by atoms with Crippen LogP contribution in [-0.4, -0.2) is 44.2 Å². The second kappa shape index (κ2) is 10.4. The van der Waals surface area contributed by atoms with Gasteiger partial charge in [-0.15, -0.1) is 0 Å². The number of halogens is 1. The molecule has 1 heterocycles. The number of pyridine rings is 1. The van der Waals surface area contributed by atoms with E-state index >= 15 is 0 Å². The summed E-state index contributed by atoms with van der Waals surface area (Å²) in [6.45, 7) is 5.85. The molecule has 0 saturated carbocycles. The van der Waals surface area contributed by atoms with Crippen molar-refractivity contribution in [3.05, 3.63) is 54.0 Å². The Morgan fingerprint density at radius 3 is 2.63 bits per heavy atom. The van der Waals surface area contributed by atoms with Gasteiger partial charge in [0.05, 0.1) is 13.1 Å². The van der Waals surface area contributed by atoms with Crippen LogP contribution in [0.1, 0.15) is 19.4 Å². The number of aliphatic imine (C=N–C) groups is 1. The molecule has 2 rings (SSSR count). The highest BCUT2D eigenvalue weighted by molar-refractivity contribution is 5.79. The maximum atomic E-state index is 13.0. The number of aromatic nitrogens is 1. The van der Waals surface area contributed by atoms with Crippen LogP contribution in [0.2, 0.25) is 0 Å². The Balaban J connectivity index is 1.90. The molecule has 2 N–H and O–H groups in total. The van der Waals surface area contributed by atoms with Gasteiger partial charge in [-0.05, 0) is 55.8 Å². The van der Waals surface area contributed by atoms with Gasteiger partial charge in [0.2, 0.25) is 0 Å². The number of benzene rings is 1.